The van der Waals surface area contributed by atoms with Crippen LogP contribution in [0.4, 0.5) is 0 Å². The Morgan fingerprint density at radius 2 is 2.42 bits per heavy atom. The highest BCUT2D eigenvalue weighted by atomic mass is 16.3. The predicted molar refractivity (Wildman–Crippen MR) is 48.8 cm³/mol. The van der Waals surface area contributed by atoms with Crippen LogP contribution in [0.2, 0.25) is 0 Å². The molecule has 0 aliphatic rings. The van der Waals surface area contributed by atoms with Crippen molar-refractivity contribution in [1.29, 1.82) is 0 Å². The highest BCUT2D eigenvalue weighted by molar-refractivity contribution is 5.10. The molecule has 0 aliphatic carbocycles. The number of nitrogens with one attached hydrogen (secondary N) is 1. The molecule has 0 aromatic carbocycles. The van der Waals surface area contributed by atoms with Crippen LogP contribution in [0.25, 0.3) is 0 Å². The van der Waals surface area contributed by atoms with Gasteiger partial charge in [0.05, 0.1) is 6.26 Å². The molecule has 3 nitrogen and oxygen atoms in total. The van der Waals surface area contributed by atoms with Crippen molar-refractivity contribution >= 4 is 0 Å². The van der Waals surface area contributed by atoms with Crippen LogP contribution in [0.1, 0.15) is 17.7 Å². The molecule has 0 aliphatic heterocycles. The minimum atomic E-state index is 0.747. The minimum Gasteiger partial charge on any atom is -0.469 e. The maximum Gasteiger partial charge on any atom is 0.101 e. The third kappa shape index (κ3) is 3.07. The van der Waals surface area contributed by atoms with Gasteiger partial charge in [-0.1, -0.05) is 0 Å². The Bertz CT molecular complexity index is 220. The minimum absolute atomic E-state index is 0.747. The van der Waals surface area contributed by atoms with Crippen molar-refractivity contribution in [3.05, 3.63) is 23.7 Å². The van der Waals surface area contributed by atoms with Gasteiger partial charge in [-0.3, -0.25) is 0 Å². The molecule has 12 heavy (non-hydrogen) atoms. The molecule has 0 bridgehead atoms. The smallest absolute Gasteiger partial charge is 0.101 e. The Hall–Kier alpha value is -0.800. The number of aryl methyl sites for hydroxylation is 1. The fraction of sp³-hybridized carbons (Fsp3) is 0.556. The van der Waals surface area contributed by atoms with Crippen molar-refractivity contribution in [3.63, 3.8) is 0 Å². The Balaban J connectivity index is 2.15. The molecule has 1 rings (SSSR count). The first-order valence-corrected chi connectivity index (χ1v) is 4.27. The Kier molecular flexibility index (Phi) is 3.84. The summed E-state index contributed by atoms with van der Waals surface area (Å²) < 4.78 is 5.16. The van der Waals surface area contributed by atoms with E-state index in [1.54, 1.807) is 6.26 Å². The first-order chi connectivity index (χ1) is 5.83. The van der Waals surface area contributed by atoms with Gasteiger partial charge in [0.2, 0.25) is 0 Å². The summed E-state index contributed by atoms with van der Waals surface area (Å²) in [5, 5.41) is 3.28. The van der Waals surface area contributed by atoms with E-state index in [4.69, 9.17) is 10.2 Å². The maximum atomic E-state index is 5.35. The third-order valence-electron chi connectivity index (χ3n) is 1.67. The lowest BCUT2D eigenvalue weighted by Crippen LogP contribution is -2.17. The van der Waals surface area contributed by atoms with E-state index in [1.165, 1.54) is 5.56 Å². The standard InChI is InChI=1S/C9H16N2O/c1-8-5-9(7-12-8)6-11-4-2-3-10/h5,7,11H,2-4,6,10H2,1H3. The van der Waals surface area contributed by atoms with Crippen LogP contribution >= 0.6 is 0 Å². The molecule has 0 saturated carbocycles. The lowest BCUT2D eigenvalue weighted by Gasteiger charge is -1.99. The van der Waals surface area contributed by atoms with E-state index in [-0.39, 0.29) is 0 Å². The van der Waals surface area contributed by atoms with Crippen molar-refractivity contribution in [1.82, 2.24) is 5.32 Å². The molecule has 0 radical (unpaired) electrons. The molecule has 1 aromatic rings. The first kappa shape index (κ1) is 9.29. The Morgan fingerprint density at radius 3 is 3.00 bits per heavy atom. The van der Waals surface area contributed by atoms with Gasteiger partial charge >= 0.3 is 0 Å². The van der Waals surface area contributed by atoms with E-state index in [0.717, 1.165) is 31.8 Å². The maximum absolute atomic E-state index is 5.35. The topological polar surface area (TPSA) is 51.2 Å². The van der Waals surface area contributed by atoms with Gasteiger partial charge < -0.3 is 15.5 Å². The molecular weight excluding hydrogens is 152 g/mol. The molecule has 0 spiro atoms. The van der Waals surface area contributed by atoms with Gasteiger partial charge in [-0.15, -0.1) is 0 Å². The summed E-state index contributed by atoms with van der Waals surface area (Å²) in [7, 11) is 0. The van der Waals surface area contributed by atoms with Crippen LogP contribution in [-0.4, -0.2) is 13.1 Å². The SMILES string of the molecule is Cc1cc(CNCCCN)co1. The fourth-order valence-corrected chi connectivity index (χ4v) is 1.05. The summed E-state index contributed by atoms with van der Waals surface area (Å²) >= 11 is 0. The van der Waals surface area contributed by atoms with Crippen LogP contribution < -0.4 is 11.1 Å². The first-order valence-electron chi connectivity index (χ1n) is 4.27. The summed E-state index contributed by atoms with van der Waals surface area (Å²) in [6.45, 7) is 4.54. The highest BCUT2D eigenvalue weighted by Gasteiger charge is 1.95. The van der Waals surface area contributed by atoms with Crippen LogP contribution in [0.3, 0.4) is 0 Å². The molecule has 0 fully saturated rings. The van der Waals surface area contributed by atoms with Crippen molar-refractivity contribution in [2.24, 2.45) is 5.73 Å². The second-order valence-electron chi connectivity index (χ2n) is 2.88. The van der Waals surface area contributed by atoms with E-state index in [2.05, 4.69) is 5.32 Å². The number of hydrogen-bond acceptors (Lipinski definition) is 3. The zero-order valence-electron chi connectivity index (χ0n) is 7.47. The van der Waals surface area contributed by atoms with Gasteiger partial charge in [0.1, 0.15) is 5.76 Å². The van der Waals surface area contributed by atoms with Crippen molar-refractivity contribution in [2.75, 3.05) is 13.1 Å². The van der Waals surface area contributed by atoms with E-state index in [0.29, 0.717) is 0 Å². The second-order valence-corrected chi connectivity index (χ2v) is 2.88. The average molecular weight is 168 g/mol. The van der Waals surface area contributed by atoms with Gasteiger partial charge in [0.25, 0.3) is 0 Å². The summed E-state index contributed by atoms with van der Waals surface area (Å²) in [6.07, 6.45) is 2.81. The highest BCUT2D eigenvalue weighted by Crippen LogP contribution is 2.04. The van der Waals surface area contributed by atoms with Crippen LogP contribution in [0.15, 0.2) is 16.7 Å². The Labute approximate surface area is 72.9 Å². The lowest BCUT2D eigenvalue weighted by molar-refractivity contribution is 0.529. The summed E-state index contributed by atoms with van der Waals surface area (Å²) in [4.78, 5) is 0. The quantitative estimate of drug-likeness (QED) is 0.645. The summed E-state index contributed by atoms with van der Waals surface area (Å²) in [5.74, 6) is 0.964. The molecule has 0 atom stereocenters. The molecule has 1 aromatic heterocycles. The molecule has 3 heteroatoms. The number of furan rings is 1. The molecule has 0 unspecified atom stereocenters. The van der Waals surface area contributed by atoms with Gasteiger partial charge in [-0.2, -0.15) is 0 Å². The van der Waals surface area contributed by atoms with E-state index >= 15 is 0 Å². The van der Waals surface area contributed by atoms with E-state index < -0.39 is 0 Å². The molecular formula is C9H16N2O. The average Bonchev–Trinajstić information content (AvgIpc) is 2.45. The molecule has 1 heterocycles. The van der Waals surface area contributed by atoms with Crippen molar-refractivity contribution in [3.8, 4) is 0 Å². The largest absolute Gasteiger partial charge is 0.469 e. The molecule has 68 valence electrons. The number of hydrogen-bond donors (Lipinski definition) is 2. The van der Waals surface area contributed by atoms with Gasteiger partial charge in [0.15, 0.2) is 0 Å². The van der Waals surface area contributed by atoms with Crippen LogP contribution in [0.5, 0.6) is 0 Å². The van der Waals surface area contributed by atoms with Crippen LogP contribution in [-0.2, 0) is 6.54 Å². The molecule has 0 amide bonds. The van der Waals surface area contributed by atoms with Crippen molar-refractivity contribution < 1.29 is 4.42 Å². The number of nitrogens with two attached hydrogens (primary N) is 1. The normalized spacial score (nSPS) is 10.5. The van der Waals surface area contributed by atoms with Crippen molar-refractivity contribution in [2.45, 2.75) is 19.9 Å². The summed E-state index contributed by atoms with van der Waals surface area (Å²) in [6, 6.07) is 2.04. The predicted octanol–water partition coefficient (Wildman–Crippen LogP) is 1.03. The van der Waals surface area contributed by atoms with Gasteiger partial charge in [0, 0.05) is 12.1 Å². The van der Waals surface area contributed by atoms with Gasteiger partial charge in [-0.05, 0) is 32.5 Å². The fourth-order valence-electron chi connectivity index (χ4n) is 1.05. The Morgan fingerprint density at radius 1 is 1.58 bits per heavy atom. The van der Waals surface area contributed by atoms with Gasteiger partial charge in [-0.25, -0.2) is 0 Å². The molecule has 0 saturated heterocycles. The van der Waals surface area contributed by atoms with E-state index in [1.807, 2.05) is 13.0 Å². The van der Waals surface area contributed by atoms with Crippen LogP contribution in [0, 0.1) is 6.92 Å². The zero-order valence-corrected chi connectivity index (χ0v) is 7.47. The van der Waals surface area contributed by atoms with E-state index in [9.17, 15) is 0 Å². The summed E-state index contributed by atoms with van der Waals surface area (Å²) in [5.41, 5.74) is 6.55. The second kappa shape index (κ2) is 4.95. The number of rotatable bonds is 5. The zero-order chi connectivity index (χ0) is 8.81. The lowest BCUT2D eigenvalue weighted by atomic mass is 10.3. The monoisotopic (exact) mass is 168 g/mol. The molecule has 3 N–H and O–H groups in total. The third-order valence-corrected chi connectivity index (χ3v) is 1.67.